The van der Waals surface area contributed by atoms with Crippen molar-refractivity contribution in [1.82, 2.24) is 19.4 Å². The Morgan fingerprint density at radius 2 is 1.64 bits per heavy atom. The number of aromatic nitrogens is 3. The van der Waals surface area contributed by atoms with Gasteiger partial charge in [0.15, 0.2) is 11.6 Å². The summed E-state index contributed by atoms with van der Waals surface area (Å²) in [6, 6.07) is 17.7. The van der Waals surface area contributed by atoms with Gasteiger partial charge >= 0.3 is 0 Å². The molecule has 2 aliphatic heterocycles. The SMILES string of the molecule is CC(=O)c1cn(CC(=O)N2C[C@H](F)CC2C(=O)Nc2cccc(-c3ccccc3Cl)c2F)c2ccc(N3CCN(c4ncccn4)CC3)cc12. The number of amides is 2. The van der Waals surface area contributed by atoms with Crippen LogP contribution in [0, 0.1) is 5.82 Å². The van der Waals surface area contributed by atoms with Gasteiger partial charge in [0.1, 0.15) is 18.8 Å². The van der Waals surface area contributed by atoms with E-state index in [0.717, 1.165) is 31.9 Å². The molecule has 0 bridgehead atoms. The molecule has 13 heteroatoms. The number of hydrogen-bond donors (Lipinski definition) is 1. The number of nitrogens with one attached hydrogen (secondary N) is 1. The average molecular weight is 698 g/mol. The molecule has 4 heterocycles. The molecule has 256 valence electrons. The minimum absolute atomic E-state index is 0.102. The van der Waals surface area contributed by atoms with Crippen molar-refractivity contribution >= 4 is 57.4 Å². The molecule has 0 spiro atoms. The number of nitrogens with zero attached hydrogens (tertiary/aromatic N) is 6. The first-order valence-corrected chi connectivity index (χ1v) is 16.7. The normalized spacial score (nSPS) is 17.7. The molecule has 1 N–H and O–H groups in total. The first-order valence-electron chi connectivity index (χ1n) is 16.4. The lowest BCUT2D eigenvalue weighted by Crippen LogP contribution is -2.47. The predicted octanol–water partition coefficient (Wildman–Crippen LogP) is 6.00. The topological polar surface area (TPSA) is 104 Å². The van der Waals surface area contributed by atoms with Crippen LogP contribution in [-0.2, 0) is 16.1 Å². The van der Waals surface area contributed by atoms with Crippen LogP contribution in [0.3, 0.4) is 0 Å². The number of rotatable bonds is 8. The molecule has 2 amide bonds. The molecule has 1 unspecified atom stereocenters. The zero-order valence-corrected chi connectivity index (χ0v) is 28.0. The second kappa shape index (κ2) is 13.9. The van der Waals surface area contributed by atoms with E-state index in [1.807, 2.05) is 18.2 Å². The molecule has 2 atom stereocenters. The summed E-state index contributed by atoms with van der Waals surface area (Å²) in [6.45, 7) is 3.91. The third kappa shape index (κ3) is 6.50. The summed E-state index contributed by atoms with van der Waals surface area (Å²) in [4.78, 5) is 54.2. The molecule has 5 aromatic rings. The van der Waals surface area contributed by atoms with Crippen LogP contribution in [0.1, 0.15) is 23.7 Å². The number of alkyl halides is 1. The van der Waals surface area contributed by atoms with Gasteiger partial charge in [0.2, 0.25) is 17.8 Å². The van der Waals surface area contributed by atoms with Crippen molar-refractivity contribution < 1.29 is 23.2 Å². The van der Waals surface area contributed by atoms with E-state index in [1.54, 1.807) is 65.6 Å². The van der Waals surface area contributed by atoms with E-state index in [4.69, 9.17) is 11.6 Å². The maximum absolute atomic E-state index is 15.6. The van der Waals surface area contributed by atoms with Gasteiger partial charge in [0.25, 0.3) is 0 Å². The zero-order chi connectivity index (χ0) is 34.9. The van der Waals surface area contributed by atoms with Crippen molar-refractivity contribution in [1.29, 1.82) is 0 Å². The van der Waals surface area contributed by atoms with Crippen molar-refractivity contribution in [2.45, 2.75) is 32.1 Å². The highest BCUT2D eigenvalue weighted by Gasteiger charge is 2.40. The van der Waals surface area contributed by atoms with Gasteiger partial charge in [-0.2, -0.15) is 0 Å². The molecular formula is C37H34ClF2N7O3. The number of benzene rings is 3. The minimum atomic E-state index is -1.43. The maximum atomic E-state index is 15.6. The molecule has 7 rings (SSSR count). The smallest absolute Gasteiger partial charge is 0.247 e. The number of piperazine rings is 1. The maximum Gasteiger partial charge on any atom is 0.247 e. The van der Waals surface area contributed by atoms with E-state index < -0.39 is 29.8 Å². The molecule has 2 aromatic heterocycles. The van der Waals surface area contributed by atoms with Crippen LogP contribution in [-0.4, -0.2) is 82.0 Å². The van der Waals surface area contributed by atoms with Crippen LogP contribution < -0.4 is 15.1 Å². The minimum Gasteiger partial charge on any atom is -0.368 e. The molecule has 50 heavy (non-hydrogen) atoms. The number of Topliss-reactive ketones (excluding diaryl/α,β-unsaturated/α-hetero) is 1. The molecule has 3 aromatic carbocycles. The Kier molecular flexibility index (Phi) is 9.20. The molecule has 2 aliphatic rings. The van der Waals surface area contributed by atoms with Gasteiger partial charge in [0.05, 0.1) is 12.2 Å². The number of likely N-dealkylation sites (tertiary alicyclic amines) is 1. The molecule has 0 aliphatic carbocycles. The first-order chi connectivity index (χ1) is 24.2. The predicted molar refractivity (Wildman–Crippen MR) is 189 cm³/mol. The van der Waals surface area contributed by atoms with Crippen molar-refractivity contribution in [3.8, 4) is 11.1 Å². The van der Waals surface area contributed by atoms with Crippen LogP contribution in [0.5, 0.6) is 0 Å². The van der Waals surface area contributed by atoms with Crippen LogP contribution in [0.15, 0.2) is 85.3 Å². The summed E-state index contributed by atoms with van der Waals surface area (Å²) < 4.78 is 32.1. The van der Waals surface area contributed by atoms with Gasteiger partial charge in [-0.15, -0.1) is 0 Å². The van der Waals surface area contributed by atoms with Crippen LogP contribution in [0.2, 0.25) is 5.02 Å². The Hall–Kier alpha value is -5.36. The average Bonchev–Trinajstić information content (AvgIpc) is 3.70. The fourth-order valence-electron chi connectivity index (χ4n) is 6.79. The third-order valence-corrected chi connectivity index (χ3v) is 9.65. The summed E-state index contributed by atoms with van der Waals surface area (Å²) in [6.07, 6.45) is 3.43. The van der Waals surface area contributed by atoms with Gasteiger partial charge in [-0.25, -0.2) is 18.7 Å². The number of carbonyl (C=O) groups is 3. The van der Waals surface area contributed by atoms with Gasteiger partial charge in [-0.1, -0.05) is 41.9 Å². The summed E-state index contributed by atoms with van der Waals surface area (Å²) in [5.41, 5.74) is 2.62. The Balaban J connectivity index is 1.08. The number of ketones is 1. The number of anilines is 3. The lowest BCUT2D eigenvalue weighted by Gasteiger charge is -2.36. The van der Waals surface area contributed by atoms with Crippen molar-refractivity contribution in [3.05, 3.63) is 102 Å². The van der Waals surface area contributed by atoms with E-state index in [1.165, 1.54) is 17.9 Å². The third-order valence-electron chi connectivity index (χ3n) is 9.32. The molecule has 10 nitrogen and oxygen atoms in total. The van der Waals surface area contributed by atoms with Gasteiger partial charge in [-0.05, 0) is 43.3 Å². The fourth-order valence-corrected chi connectivity index (χ4v) is 7.03. The lowest BCUT2D eigenvalue weighted by molar-refractivity contribution is -0.137. The van der Waals surface area contributed by atoms with E-state index in [-0.39, 0.29) is 36.5 Å². The van der Waals surface area contributed by atoms with E-state index in [2.05, 4.69) is 25.1 Å². The van der Waals surface area contributed by atoms with Crippen LogP contribution in [0.25, 0.3) is 22.0 Å². The summed E-state index contributed by atoms with van der Waals surface area (Å²) in [5.74, 6) is -1.35. The quantitative estimate of drug-likeness (QED) is 0.199. The highest BCUT2D eigenvalue weighted by Crippen LogP contribution is 2.34. The summed E-state index contributed by atoms with van der Waals surface area (Å²) in [7, 11) is 0. The van der Waals surface area contributed by atoms with Gasteiger partial charge < -0.3 is 24.6 Å². The second-order valence-corrected chi connectivity index (χ2v) is 12.9. The van der Waals surface area contributed by atoms with Crippen LogP contribution in [0.4, 0.5) is 26.1 Å². The highest BCUT2D eigenvalue weighted by atomic mass is 35.5. The summed E-state index contributed by atoms with van der Waals surface area (Å²) in [5, 5.41) is 3.61. The number of carbonyl (C=O) groups excluding carboxylic acids is 3. The fraction of sp³-hybridized carbons (Fsp3) is 0.270. The molecule has 2 fully saturated rings. The van der Waals surface area contributed by atoms with Gasteiger partial charge in [-0.3, -0.25) is 14.4 Å². The summed E-state index contributed by atoms with van der Waals surface area (Å²) >= 11 is 6.28. The lowest BCUT2D eigenvalue weighted by atomic mass is 10.0. The largest absolute Gasteiger partial charge is 0.368 e. The number of halogens is 3. The van der Waals surface area contributed by atoms with Crippen molar-refractivity contribution in [3.63, 3.8) is 0 Å². The molecule has 2 saturated heterocycles. The Bertz CT molecular complexity index is 2080. The zero-order valence-electron chi connectivity index (χ0n) is 27.2. The second-order valence-electron chi connectivity index (χ2n) is 12.5. The van der Waals surface area contributed by atoms with Crippen LogP contribution >= 0.6 is 11.6 Å². The Morgan fingerprint density at radius 1 is 0.920 bits per heavy atom. The Morgan fingerprint density at radius 3 is 2.38 bits per heavy atom. The number of fused-ring (bicyclic) bond motifs is 1. The Labute approximate surface area is 292 Å². The van der Waals surface area contributed by atoms with E-state index >= 15 is 4.39 Å². The highest BCUT2D eigenvalue weighted by molar-refractivity contribution is 6.33. The molecule has 0 radical (unpaired) electrons. The number of hydrogen-bond acceptors (Lipinski definition) is 7. The van der Waals surface area contributed by atoms with E-state index in [0.29, 0.717) is 33.0 Å². The monoisotopic (exact) mass is 697 g/mol. The van der Waals surface area contributed by atoms with Crippen molar-refractivity contribution in [2.24, 2.45) is 0 Å². The molecular weight excluding hydrogens is 664 g/mol. The van der Waals surface area contributed by atoms with Crippen molar-refractivity contribution in [2.75, 3.05) is 47.8 Å². The molecule has 0 saturated carbocycles. The standard InChI is InChI=1S/C37H34ClF2N7O3/c1-23(48)29-21-46(32-11-10-25(19-28(29)32)44-14-16-45(17-15-44)37-41-12-5-13-42-37)22-34(49)47-20-24(39)18-33(47)36(50)43-31-9-4-7-27(35(31)40)26-6-2-3-8-30(26)38/h2-13,19,21,24,33H,14-18,20,22H2,1H3,(H,43,50)/t24-,33?/m1/s1. The van der Waals surface area contributed by atoms with Gasteiger partial charge in [0, 0.05) is 89.5 Å². The van der Waals surface area contributed by atoms with E-state index in [9.17, 15) is 18.8 Å². The first kappa shape index (κ1) is 33.2.